The topological polar surface area (TPSA) is 51.4 Å². The van der Waals surface area contributed by atoms with E-state index in [1.807, 2.05) is 0 Å². The molecule has 2 aromatic heterocycles. The fraction of sp³-hybridized carbons (Fsp3) is 0.300. The van der Waals surface area contributed by atoms with Crippen molar-refractivity contribution in [2.75, 3.05) is 0 Å². The lowest BCUT2D eigenvalue weighted by Crippen LogP contribution is -2.01. The third kappa shape index (κ3) is 1.59. The first kappa shape index (κ1) is 11.1. The molecule has 16 heavy (non-hydrogen) atoms. The van der Waals surface area contributed by atoms with E-state index in [0.717, 1.165) is 5.56 Å². The van der Waals surface area contributed by atoms with Crippen molar-refractivity contribution < 1.29 is 12.3 Å². The van der Waals surface area contributed by atoms with Gasteiger partial charge in [-0.3, -0.25) is 4.40 Å². The average Bonchev–Trinajstić information content (AvgIpc) is 2.57. The van der Waals surface area contributed by atoms with E-state index < -0.39 is 10.2 Å². The van der Waals surface area contributed by atoms with Crippen molar-refractivity contribution in [1.29, 1.82) is 0 Å². The molecule has 6 heteroatoms. The lowest BCUT2D eigenvalue weighted by atomic mass is 10.3. The van der Waals surface area contributed by atoms with Gasteiger partial charge >= 0.3 is 10.2 Å². The van der Waals surface area contributed by atoms with Gasteiger partial charge in [-0.25, -0.2) is 4.98 Å². The third-order valence-electron chi connectivity index (χ3n) is 2.43. The van der Waals surface area contributed by atoms with Gasteiger partial charge in [-0.2, -0.15) is 8.42 Å². The number of pyridine rings is 1. The van der Waals surface area contributed by atoms with Gasteiger partial charge in [-0.05, 0) is 25.0 Å². The Morgan fingerprint density at radius 1 is 1.50 bits per heavy atom. The van der Waals surface area contributed by atoms with E-state index in [-0.39, 0.29) is 10.7 Å². The molecule has 0 saturated carbocycles. The van der Waals surface area contributed by atoms with Gasteiger partial charge in [-0.15, -0.1) is 0 Å². The molecule has 0 radical (unpaired) electrons. The summed E-state index contributed by atoms with van der Waals surface area (Å²) in [5.74, 6) is 0. The van der Waals surface area contributed by atoms with Gasteiger partial charge in [0.2, 0.25) is 0 Å². The van der Waals surface area contributed by atoms with E-state index in [4.69, 9.17) is 0 Å². The lowest BCUT2D eigenvalue weighted by molar-refractivity contribution is 0.545. The number of aromatic nitrogens is 2. The zero-order chi connectivity index (χ0) is 11.9. The quantitative estimate of drug-likeness (QED) is 0.755. The van der Waals surface area contributed by atoms with Crippen LogP contribution in [0.2, 0.25) is 0 Å². The number of imidazole rings is 1. The van der Waals surface area contributed by atoms with Crippen LogP contribution in [0, 0.1) is 6.92 Å². The zero-order valence-electron chi connectivity index (χ0n) is 8.94. The minimum atomic E-state index is -4.75. The molecule has 0 aliphatic rings. The van der Waals surface area contributed by atoms with Crippen LogP contribution in [-0.2, 0) is 16.6 Å². The standard InChI is InChI=1S/C10H11FN2O2S/c1-3-8-10(16(11,14)15)13-6-4-5-7(2)9(13)12-8/h4-6H,3H2,1-2H3. The second-order valence-electron chi connectivity index (χ2n) is 3.54. The molecule has 0 aliphatic carbocycles. The predicted octanol–water partition coefficient (Wildman–Crippen LogP) is 1.86. The Hall–Kier alpha value is -1.43. The minimum absolute atomic E-state index is 0.261. The van der Waals surface area contributed by atoms with Crippen molar-refractivity contribution in [2.24, 2.45) is 0 Å². The maximum absolute atomic E-state index is 13.2. The highest BCUT2D eigenvalue weighted by molar-refractivity contribution is 7.86. The molecule has 4 nitrogen and oxygen atoms in total. The summed E-state index contributed by atoms with van der Waals surface area (Å²) >= 11 is 0. The van der Waals surface area contributed by atoms with Crippen LogP contribution >= 0.6 is 0 Å². The lowest BCUT2D eigenvalue weighted by Gasteiger charge is -1.99. The van der Waals surface area contributed by atoms with Crippen LogP contribution in [0.4, 0.5) is 3.89 Å². The first-order valence-corrected chi connectivity index (χ1v) is 6.24. The molecule has 0 bridgehead atoms. The Labute approximate surface area is 93.0 Å². The van der Waals surface area contributed by atoms with E-state index >= 15 is 0 Å². The first-order valence-electron chi connectivity index (χ1n) is 4.86. The van der Waals surface area contributed by atoms with Gasteiger partial charge < -0.3 is 0 Å². The molecule has 0 aliphatic heterocycles. The summed E-state index contributed by atoms with van der Waals surface area (Å²) in [5, 5.41) is -0.353. The maximum Gasteiger partial charge on any atom is 0.350 e. The molecule has 0 aromatic carbocycles. The van der Waals surface area contributed by atoms with Crippen LogP contribution < -0.4 is 0 Å². The number of halogens is 1. The van der Waals surface area contributed by atoms with Crippen molar-refractivity contribution in [3.63, 3.8) is 0 Å². The summed E-state index contributed by atoms with van der Waals surface area (Å²) in [6, 6.07) is 3.47. The Morgan fingerprint density at radius 2 is 2.19 bits per heavy atom. The summed E-state index contributed by atoms with van der Waals surface area (Å²) in [7, 11) is -4.75. The molecule has 0 N–H and O–H groups in total. The van der Waals surface area contributed by atoms with Gasteiger partial charge in [0.1, 0.15) is 5.65 Å². The van der Waals surface area contributed by atoms with Crippen molar-refractivity contribution in [2.45, 2.75) is 25.3 Å². The number of rotatable bonds is 2. The number of nitrogens with zero attached hydrogens (tertiary/aromatic N) is 2. The normalized spacial score (nSPS) is 12.2. The summed E-state index contributed by atoms with van der Waals surface area (Å²) < 4.78 is 36.6. The van der Waals surface area contributed by atoms with Crippen molar-refractivity contribution in [3.05, 3.63) is 29.6 Å². The van der Waals surface area contributed by atoms with Gasteiger partial charge in [0.15, 0.2) is 5.03 Å². The first-order chi connectivity index (χ1) is 7.45. The summed E-state index contributed by atoms with van der Waals surface area (Å²) in [5.41, 5.74) is 1.56. The monoisotopic (exact) mass is 242 g/mol. The molecule has 0 amide bonds. The molecule has 2 rings (SSSR count). The van der Waals surface area contributed by atoms with Crippen molar-refractivity contribution in [3.8, 4) is 0 Å². The molecule has 86 valence electrons. The maximum atomic E-state index is 13.2. The molecule has 2 heterocycles. The molecular weight excluding hydrogens is 231 g/mol. The van der Waals surface area contributed by atoms with Crippen LogP contribution in [0.15, 0.2) is 23.4 Å². The van der Waals surface area contributed by atoms with E-state index in [1.54, 1.807) is 26.0 Å². The summed E-state index contributed by atoms with van der Waals surface area (Å²) in [6.45, 7) is 3.54. The smallest absolute Gasteiger partial charge is 0.288 e. The second kappa shape index (κ2) is 3.55. The highest BCUT2D eigenvalue weighted by atomic mass is 32.3. The fourth-order valence-corrected chi connectivity index (χ4v) is 2.57. The summed E-state index contributed by atoms with van der Waals surface area (Å²) in [4.78, 5) is 4.14. The summed E-state index contributed by atoms with van der Waals surface area (Å²) in [6.07, 6.45) is 1.88. The van der Waals surface area contributed by atoms with Crippen LogP contribution in [-0.4, -0.2) is 17.8 Å². The number of hydrogen-bond donors (Lipinski definition) is 0. The highest BCUT2D eigenvalue weighted by Crippen LogP contribution is 2.22. The van der Waals surface area contributed by atoms with E-state index in [2.05, 4.69) is 4.98 Å². The Balaban J connectivity index is 2.96. The molecule has 0 saturated heterocycles. The van der Waals surface area contributed by atoms with Crippen molar-refractivity contribution >= 4 is 15.9 Å². The molecule has 0 spiro atoms. The third-order valence-corrected chi connectivity index (χ3v) is 3.33. The Bertz CT molecular complexity index is 646. The van der Waals surface area contributed by atoms with Crippen LogP contribution in [0.3, 0.4) is 0 Å². The largest absolute Gasteiger partial charge is 0.350 e. The Kier molecular flexibility index (Phi) is 2.46. The number of hydrogen-bond acceptors (Lipinski definition) is 3. The van der Waals surface area contributed by atoms with E-state index in [0.29, 0.717) is 12.1 Å². The van der Waals surface area contributed by atoms with Gasteiger partial charge in [-0.1, -0.05) is 16.9 Å². The van der Waals surface area contributed by atoms with Gasteiger partial charge in [0.05, 0.1) is 5.69 Å². The van der Waals surface area contributed by atoms with Crippen LogP contribution in [0.5, 0.6) is 0 Å². The molecule has 2 aromatic rings. The average molecular weight is 242 g/mol. The van der Waals surface area contributed by atoms with Crippen molar-refractivity contribution in [1.82, 2.24) is 9.38 Å². The molecule has 0 atom stereocenters. The predicted molar refractivity (Wildman–Crippen MR) is 57.6 cm³/mol. The SMILES string of the molecule is CCc1nc2c(C)cccn2c1S(=O)(=O)F. The van der Waals surface area contributed by atoms with Crippen LogP contribution in [0.1, 0.15) is 18.2 Å². The number of fused-ring (bicyclic) bond motifs is 1. The molecular formula is C10H11FN2O2S. The fourth-order valence-electron chi connectivity index (χ4n) is 1.72. The van der Waals surface area contributed by atoms with E-state index in [1.165, 1.54) is 10.6 Å². The van der Waals surface area contributed by atoms with Gasteiger partial charge in [0.25, 0.3) is 0 Å². The second-order valence-corrected chi connectivity index (χ2v) is 4.80. The molecule has 0 unspecified atom stereocenters. The van der Waals surface area contributed by atoms with Gasteiger partial charge in [0, 0.05) is 6.20 Å². The minimum Gasteiger partial charge on any atom is -0.288 e. The zero-order valence-corrected chi connectivity index (χ0v) is 9.75. The highest BCUT2D eigenvalue weighted by Gasteiger charge is 2.23. The Morgan fingerprint density at radius 3 is 2.75 bits per heavy atom. The van der Waals surface area contributed by atoms with Crippen LogP contribution in [0.25, 0.3) is 5.65 Å². The van der Waals surface area contributed by atoms with E-state index in [9.17, 15) is 12.3 Å². The molecule has 0 fully saturated rings. The number of aryl methyl sites for hydroxylation is 2.